The molecule has 102 heavy (non-hydrogen) atoms. The van der Waals surface area contributed by atoms with Gasteiger partial charge < -0.3 is 18.9 Å². The number of carbonyl (C=O) groups excluding carboxylic acids is 2. The fourth-order valence-corrected chi connectivity index (χ4v) is 15.0. The molecule has 0 bridgehead atoms. The number of likely N-dealkylation sites (N-methyl/N-ethyl adjacent to an activating group) is 1. The zero-order valence-electron chi connectivity index (χ0n) is 69.4. The van der Waals surface area contributed by atoms with Crippen molar-refractivity contribution in [3.05, 3.63) is 36.5 Å². The Balaban J connectivity index is 3.83. The number of allylic oxidation sites excluding steroid dienone is 6. The first kappa shape index (κ1) is 100. The molecule has 0 aromatic rings. The van der Waals surface area contributed by atoms with Crippen LogP contribution < -0.4 is 0 Å². The van der Waals surface area contributed by atoms with Crippen molar-refractivity contribution < 1.29 is 42.1 Å². The average Bonchev–Trinajstić information content (AvgIpc) is 0.914. The zero-order chi connectivity index (χ0) is 74.0. The summed E-state index contributed by atoms with van der Waals surface area (Å²) in [5.41, 5.74) is 0. The Hall–Kier alpha value is -1.77. The van der Waals surface area contributed by atoms with E-state index in [1.54, 1.807) is 0 Å². The molecule has 2 unspecified atom stereocenters. The van der Waals surface area contributed by atoms with E-state index in [0.717, 1.165) is 51.4 Å². The second kappa shape index (κ2) is 83.3. The normalized spacial score (nSPS) is 13.0. The second-order valence-electron chi connectivity index (χ2n) is 32.7. The van der Waals surface area contributed by atoms with Crippen LogP contribution in [0.2, 0.25) is 0 Å². The number of unbranched alkanes of at least 4 members (excludes halogenated alkanes) is 67. The fourth-order valence-electron chi connectivity index (χ4n) is 14.2. The molecule has 0 rings (SSSR count). The molecule has 0 aliphatic heterocycles. The summed E-state index contributed by atoms with van der Waals surface area (Å²) >= 11 is 0. The molecule has 0 radical (unpaired) electrons. The highest BCUT2D eigenvalue weighted by Gasteiger charge is 2.27. The summed E-state index contributed by atoms with van der Waals surface area (Å²) < 4.78 is 34.9. The van der Waals surface area contributed by atoms with Crippen LogP contribution in [0.15, 0.2) is 36.5 Å². The van der Waals surface area contributed by atoms with E-state index in [1.165, 1.54) is 411 Å². The van der Waals surface area contributed by atoms with Gasteiger partial charge in [0.15, 0.2) is 6.10 Å². The van der Waals surface area contributed by atoms with Gasteiger partial charge in [0, 0.05) is 12.8 Å². The Bertz CT molecular complexity index is 1810. The molecule has 0 amide bonds. The number of hydrogen-bond acceptors (Lipinski definition) is 7. The van der Waals surface area contributed by atoms with Crippen molar-refractivity contribution in [2.75, 3.05) is 47.5 Å². The average molecular weight is 1460 g/mol. The van der Waals surface area contributed by atoms with E-state index >= 15 is 0 Å². The predicted octanol–water partition coefficient (Wildman–Crippen LogP) is 30.9. The molecule has 0 aliphatic rings. The van der Waals surface area contributed by atoms with Crippen molar-refractivity contribution in [2.45, 2.75) is 495 Å². The van der Waals surface area contributed by atoms with Crippen LogP contribution in [-0.2, 0) is 32.7 Å². The largest absolute Gasteiger partial charge is 0.472 e. The van der Waals surface area contributed by atoms with Crippen molar-refractivity contribution in [1.29, 1.82) is 0 Å². The first-order valence-electron chi connectivity index (χ1n) is 45.7. The van der Waals surface area contributed by atoms with E-state index in [1.807, 2.05) is 21.1 Å². The summed E-state index contributed by atoms with van der Waals surface area (Å²) in [4.78, 5) is 36.1. The lowest BCUT2D eigenvalue weighted by Crippen LogP contribution is -2.37. The molecular weight excluding hydrogens is 1280 g/mol. The minimum absolute atomic E-state index is 0.0360. The maximum Gasteiger partial charge on any atom is 0.472 e. The fraction of sp³-hybridized carbons (Fsp3) is 0.913. The van der Waals surface area contributed by atoms with Crippen molar-refractivity contribution >= 4 is 19.8 Å². The Morgan fingerprint density at radius 3 is 0.784 bits per heavy atom. The van der Waals surface area contributed by atoms with Gasteiger partial charge in [-0.25, -0.2) is 4.57 Å². The highest BCUT2D eigenvalue weighted by atomic mass is 31.2. The molecule has 0 aromatic carbocycles. The summed E-state index contributed by atoms with van der Waals surface area (Å²) in [6.07, 6.45) is 111. The monoisotopic (exact) mass is 1460 g/mol. The third kappa shape index (κ3) is 87.1. The molecule has 0 aromatic heterocycles. The van der Waals surface area contributed by atoms with Crippen LogP contribution in [0.25, 0.3) is 0 Å². The van der Waals surface area contributed by atoms with Gasteiger partial charge in [-0.1, -0.05) is 461 Å². The van der Waals surface area contributed by atoms with E-state index in [-0.39, 0.29) is 25.6 Å². The van der Waals surface area contributed by atoms with Crippen LogP contribution in [-0.4, -0.2) is 74.9 Å². The number of hydrogen-bond donors (Lipinski definition) is 1. The molecule has 9 nitrogen and oxygen atoms in total. The molecule has 0 saturated heterocycles. The number of nitrogens with zero attached hydrogens (tertiary/aromatic N) is 1. The van der Waals surface area contributed by atoms with Gasteiger partial charge in [-0.3, -0.25) is 18.6 Å². The van der Waals surface area contributed by atoms with E-state index in [2.05, 4.69) is 50.3 Å². The van der Waals surface area contributed by atoms with Crippen LogP contribution in [0, 0.1) is 0 Å². The Labute approximate surface area is 637 Å². The third-order valence-electron chi connectivity index (χ3n) is 21.2. The topological polar surface area (TPSA) is 108 Å². The van der Waals surface area contributed by atoms with Crippen LogP contribution >= 0.6 is 7.82 Å². The lowest BCUT2D eigenvalue weighted by molar-refractivity contribution is -0.870. The van der Waals surface area contributed by atoms with Gasteiger partial charge in [0.25, 0.3) is 0 Å². The number of rotatable bonds is 87. The molecule has 604 valence electrons. The van der Waals surface area contributed by atoms with E-state index in [9.17, 15) is 19.0 Å². The lowest BCUT2D eigenvalue weighted by Gasteiger charge is -2.24. The van der Waals surface area contributed by atoms with Gasteiger partial charge >= 0.3 is 19.8 Å². The van der Waals surface area contributed by atoms with Crippen molar-refractivity contribution in [3.63, 3.8) is 0 Å². The number of phosphoric ester groups is 1. The first-order chi connectivity index (χ1) is 50.0. The summed E-state index contributed by atoms with van der Waals surface area (Å²) in [5, 5.41) is 0. The van der Waals surface area contributed by atoms with E-state index in [4.69, 9.17) is 18.5 Å². The van der Waals surface area contributed by atoms with Crippen LogP contribution in [0.4, 0.5) is 0 Å². The van der Waals surface area contributed by atoms with Gasteiger partial charge in [-0.05, 0) is 51.4 Å². The summed E-state index contributed by atoms with van der Waals surface area (Å²) in [7, 11) is 1.51. The maximum absolute atomic E-state index is 13.0. The van der Waals surface area contributed by atoms with Gasteiger partial charge in [0.1, 0.15) is 19.8 Å². The highest BCUT2D eigenvalue weighted by molar-refractivity contribution is 7.47. The van der Waals surface area contributed by atoms with E-state index < -0.39 is 26.5 Å². The molecule has 0 aliphatic carbocycles. The number of ether oxygens (including phenoxy) is 2. The van der Waals surface area contributed by atoms with Gasteiger partial charge in [0.05, 0.1) is 27.7 Å². The minimum atomic E-state index is -4.39. The third-order valence-corrected chi connectivity index (χ3v) is 22.2. The van der Waals surface area contributed by atoms with Crippen molar-refractivity contribution in [3.8, 4) is 0 Å². The molecular formula is C92H179NO8P+. The Morgan fingerprint density at radius 1 is 0.304 bits per heavy atom. The molecule has 0 saturated carbocycles. The van der Waals surface area contributed by atoms with Gasteiger partial charge in [-0.2, -0.15) is 0 Å². The standard InChI is InChI=1S/C92H178NO8P/c1-6-8-10-12-14-16-18-20-22-24-26-28-30-32-34-36-38-40-42-44-46-48-50-52-54-56-58-60-62-64-66-68-70-72-74-76-78-80-82-84-91(94)98-88-90(89-100-102(96,97)99-87-86-93(3,4)5)101-92(95)85-83-81-79-77-75-73-71-69-67-65-63-61-59-57-55-53-51-49-47-45-43-41-39-37-35-33-31-29-27-25-23-21-19-17-15-13-11-9-7-2/h19,21,25,27,31,33,90H,6-18,20,22-24,26,28-30,32,34-89H2,1-5H3/p+1/b21-19-,27-25-,33-31-. The lowest BCUT2D eigenvalue weighted by atomic mass is 10.0. The molecule has 0 spiro atoms. The molecule has 2 atom stereocenters. The zero-order valence-corrected chi connectivity index (χ0v) is 70.3. The quantitative estimate of drug-likeness (QED) is 0.0211. The Morgan fingerprint density at radius 2 is 0.529 bits per heavy atom. The molecule has 0 heterocycles. The minimum Gasteiger partial charge on any atom is -0.462 e. The van der Waals surface area contributed by atoms with Crippen LogP contribution in [0.5, 0.6) is 0 Å². The maximum atomic E-state index is 13.0. The summed E-state index contributed by atoms with van der Waals surface area (Å²) in [6, 6.07) is 0. The second-order valence-corrected chi connectivity index (χ2v) is 34.2. The molecule has 1 N–H and O–H groups in total. The van der Waals surface area contributed by atoms with Crippen LogP contribution in [0.3, 0.4) is 0 Å². The number of carbonyl (C=O) groups is 2. The smallest absolute Gasteiger partial charge is 0.462 e. The molecule has 0 fully saturated rings. The van der Waals surface area contributed by atoms with Crippen molar-refractivity contribution in [2.24, 2.45) is 0 Å². The molecule has 10 heteroatoms. The number of quaternary nitrogens is 1. The van der Waals surface area contributed by atoms with Gasteiger partial charge in [0.2, 0.25) is 0 Å². The summed E-state index contributed by atoms with van der Waals surface area (Å²) in [6.45, 7) is 4.52. The number of phosphoric acid groups is 1. The first-order valence-corrected chi connectivity index (χ1v) is 47.2. The van der Waals surface area contributed by atoms with Crippen molar-refractivity contribution in [1.82, 2.24) is 0 Å². The summed E-state index contributed by atoms with van der Waals surface area (Å²) in [5.74, 6) is -0.766. The Kier molecular flexibility index (Phi) is 81.8. The van der Waals surface area contributed by atoms with Crippen LogP contribution in [0.1, 0.15) is 489 Å². The SMILES string of the molecule is CCCCCCC/C=C\C/C=C\C/C=C\CCCCCCCCCCCCCCCCCCCCCCCCCCC(=O)OC(COC(=O)CCCCCCCCCCCCCCCCCCCCCCCCCCCCCCCCCCCCCCCCC)COP(=O)(O)OCC[N+](C)(C)C. The predicted molar refractivity (Wildman–Crippen MR) is 446 cm³/mol. The highest BCUT2D eigenvalue weighted by Crippen LogP contribution is 2.43. The number of esters is 2. The van der Waals surface area contributed by atoms with Gasteiger partial charge in [-0.15, -0.1) is 0 Å². The van der Waals surface area contributed by atoms with E-state index in [0.29, 0.717) is 17.4 Å².